The van der Waals surface area contributed by atoms with E-state index in [0.29, 0.717) is 6.54 Å². The predicted octanol–water partition coefficient (Wildman–Crippen LogP) is 1.11. The zero-order valence-electron chi connectivity index (χ0n) is 13.0. The van der Waals surface area contributed by atoms with Gasteiger partial charge in [-0.2, -0.15) is 0 Å². The molecule has 0 aliphatic carbocycles. The maximum absolute atomic E-state index is 10.7. The lowest BCUT2D eigenvalue weighted by Gasteiger charge is -2.19. The molecular weight excluding hydrogens is 290 g/mol. The maximum Gasteiger partial charge on any atom is 0.309 e. The molecule has 0 spiro atoms. The topological polar surface area (TPSA) is 84.7 Å². The summed E-state index contributed by atoms with van der Waals surface area (Å²) in [5.74, 6) is -1.59. The van der Waals surface area contributed by atoms with Crippen LogP contribution in [0.4, 0.5) is 0 Å². The van der Waals surface area contributed by atoms with Crippen molar-refractivity contribution in [2.24, 2.45) is 5.73 Å². The lowest BCUT2D eigenvalue weighted by atomic mass is 10.1. The minimum atomic E-state index is -0.906. The second kappa shape index (κ2) is 14.2. The molecule has 0 aromatic rings. The van der Waals surface area contributed by atoms with Gasteiger partial charge in [-0.15, -0.1) is 0 Å². The van der Waals surface area contributed by atoms with E-state index in [4.69, 9.17) is 10.5 Å². The summed E-state index contributed by atoms with van der Waals surface area (Å²) in [4.78, 5) is 21.0. The molecule has 0 atom stereocenters. The average Bonchev–Trinajstić information content (AvgIpc) is 2.47. The number of ether oxygens (including phenoxy) is 1. The number of morpholine rings is 1. The third kappa shape index (κ3) is 13.9. The molecule has 1 heterocycles. The molecule has 0 aromatic heterocycles. The Balaban J connectivity index is 0.000000471. The van der Waals surface area contributed by atoms with Gasteiger partial charge in [0.05, 0.1) is 13.2 Å². The number of primary amides is 1. The smallest absolute Gasteiger partial charge is 0.309 e. The van der Waals surface area contributed by atoms with Gasteiger partial charge in [0.1, 0.15) is 0 Å². The van der Waals surface area contributed by atoms with Crippen molar-refractivity contribution in [3.8, 4) is 0 Å². The van der Waals surface area contributed by atoms with Gasteiger partial charge in [0.15, 0.2) is 0 Å². The highest BCUT2D eigenvalue weighted by atomic mass is 32.1. The highest BCUT2D eigenvalue weighted by Crippen LogP contribution is 2.03. The molecule has 21 heavy (non-hydrogen) atoms. The van der Waals surface area contributed by atoms with Gasteiger partial charge in [-0.1, -0.05) is 51.8 Å². The number of unbranched alkanes of at least 4 members (excludes halogenated alkanes) is 5. The van der Waals surface area contributed by atoms with E-state index in [9.17, 15) is 9.59 Å². The summed E-state index contributed by atoms with van der Waals surface area (Å²) in [6, 6.07) is 0. The fourth-order valence-corrected chi connectivity index (χ4v) is 1.91. The minimum Gasteiger partial charge on any atom is -0.379 e. The van der Waals surface area contributed by atoms with E-state index in [1.165, 1.54) is 25.7 Å². The Hall–Kier alpha value is -0.790. The monoisotopic (exact) mass is 319 g/mol. The number of nitrogens with zero attached hydrogens (tertiary/aromatic N) is 1. The largest absolute Gasteiger partial charge is 0.379 e. The highest BCUT2D eigenvalue weighted by Gasteiger charge is 2.05. The SMILES string of the molecule is CCCCCCCCNC(=O)C(N)=O.SN1CCOCC1. The summed E-state index contributed by atoms with van der Waals surface area (Å²) in [5, 5.41) is 2.46. The van der Waals surface area contributed by atoms with Gasteiger partial charge < -0.3 is 15.8 Å². The Kier molecular flexibility index (Phi) is 13.6. The van der Waals surface area contributed by atoms with Gasteiger partial charge in [-0.05, 0) is 6.42 Å². The number of carbonyl (C=O) groups excluding carboxylic acids is 2. The van der Waals surface area contributed by atoms with Gasteiger partial charge >= 0.3 is 11.8 Å². The third-order valence-electron chi connectivity index (χ3n) is 3.03. The molecule has 0 aromatic carbocycles. The number of thiol groups is 1. The molecule has 1 rings (SSSR count). The average molecular weight is 319 g/mol. The van der Waals surface area contributed by atoms with Crippen molar-refractivity contribution in [2.75, 3.05) is 32.8 Å². The van der Waals surface area contributed by atoms with E-state index < -0.39 is 11.8 Å². The van der Waals surface area contributed by atoms with E-state index in [-0.39, 0.29) is 0 Å². The van der Waals surface area contributed by atoms with E-state index in [1.807, 2.05) is 4.31 Å². The van der Waals surface area contributed by atoms with Gasteiger partial charge in [0.25, 0.3) is 0 Å². The molecule has 0 unspecified atom stereocenters. The number of amides is 2. The summed E-state index contributed by atoms with van der Waals surface area (Å²) in [7, 11) is 0. The fraction of sp³-hybridized carbons (Fsp3) is 0.857. The van der Waals surface area contributed by atoms with E-state index >= 15 is 0 Å². The van der Waals surface area contributed by atoms with Gasteiger partial charge in [-0.25, -0.2) is 4.31 Å². The summed E-state index contributed by atoms with van der Waals surface area (Å²) in [6.45, 7) is 6.32. The normalized spacial score (nSPS) is 15.0. The van der Waals surface area contributed by atoms with Crippen LogP contribution >= 0.6 is 12.8 Å². The molecule has 6 nitrogen and oxygen atoms in total. The van der Waals surface area contributed by atoms with Gasteiger partial charge in [-0.3, -0.25) is 9.59 Å². The Morgan fingerprint density at radius 2 is 1.71 bits per heavy atom. The number of hydrogen-bond acceptors (Lipinski definition) is 5. The lowest BCUT2D eigenvalue weighted by Crippen LogP contribution is -2.36. The summed E-state index contributed by atoms with van der Waals surface area (Å²) in [6.07, 6.45) is 6.97. The fourth-order valence-electron chi connectivity index (χ4n) is 1.75. The van der Waals surface area contributed by atoms with Crippen LogP contribution in [-0.2, 0) is 14.3 Å². The van der Waals surface area contributed by atoms with Gasteiger partial charge in [0.2, 0.25) is 0 Å². The summed E-state index contributed by atoms with van der Waals surface area (Å²) < 4.78 is 7.01. The molecule has 2 amide bonds. The lowest BCUT2D eigenvalue weighted by molar-refractivity contribution is -0.137. The van der Waals surface area contributed by atoms with Crippen LogP contribution in [0.3, 0.4) is 0 Å². The van der Waals surface area contributed by atoms with Crippen LogP contribution in [0.15, 0.2) is 0 Å². The zero-order valence-corrected chi connectivity index (χ0v) is 13.9. The van der Waals surface area contributed by atoms with Crippen LogP contribution < -0.4 is 11.1 Å². The summed E-state index contributed by atoms with van der Waals surface area (Å²) >= 11 is 4.11. The van der Waals surface area contributed by atoms with Crippen molar-refractivity contribution in [2.45, 2.75) is 45.4 Å². The molecule has 0 bridgehead atoms. The Labute approximate surface area is 133 Å². The molecule has 7 heteroatoms. The van der Waals surface area contributed by atoms with Crippen LogP contribution in [0.5, 0.6) is 0 Å². The number of nitrogens with two attached hydrogens (primary N) is 1. The van der Waals surface area contributed by atoms with Crippen molar-refractivity contribution in [1.82, 2.24) is 9.62 Å². The van der Waals surface area contributed by atoms with Crippen LogP contribution in [0.1, 0.15) is 45.4 Å². The highest BCUT2D eigenvalue weighted by molar-refractivity contribution is 7.77. The van der Waals surface area contributed by atoms with Crippen LogP contribution in [0.2, 0.25) is 0 Å². The number of hydrogen-bond donors (Lipinski definition) is 3. The molecular formula is C14H29N3O3S. The number of rotatable bonds is 7. The molecule has 1 fully saturated rings. The minimum absolute atomic E-state index is 0.550. The third-order valence-corrected chi connectivity index (χ3v) is 3.43. The molecule has 0 radical (unpaired) electrons. The molecule has 1 saturated heterocycles. The quantitative estimate of drug-likeness (QED) is 0.373. The standard InChI is InChI=1S/C10H20N2O2.C4H9NOS/c1-2-3-4-5-6-7-8-12-10(14)9(11)13;7-5-1-3-6-4-2-5/h2-8H2,1H3,(H2,11,13)(H,12,14);7H,1-4H2. The summed E-state index contributed by atoms with van der Waals surface area (Å²) in [5.41, 5.74) is 4.77. The maximum atomic E-state index is 10.7. The molecule has 3 N–H and O–H groups in total. The molecule has 0 saturated carbocycles. The van der Waals surface area contributed by atoms with Crippen molar-refractivity contribution in [1.29, 1.82) is 0 Å². The van der Waals surface area contributed by atoms with Crippen molar-refractivity contribution in [3.63, 3.8) is 0 Å². The zero-order chi connectivity index (χ0) is 15.9. The van der Waals surface area contributed by atoms with Crippen molar-refractivity contribution >= 4 is 24.6 Å². The molecule has 1 aliphatic rings. The van der Waals surface area contributed by atoms with Crippen LogP contribution in [0.25, 0.3) is 0 Å². The second-order valence-electron chi connectivity index (χ2n) is 4.95. The van der Waals surface area contributed by atoms with Crippen LogP contribution in [-0.4, -0.2) is 49.0 Å². The first kappa shape index (κ1) is 20.2. The van der Waals surface area contributed by atoms with Gasteiger partial charge in [0, 0.05) is 19.6 Å². The van der Waals surface area contributed by atoms with E-state index in [1.54, 1.807) is 0 Å². The number of carbonyl (C=O) groups is 2. The predicted molar refractivity (Wildman–Crippen MR) is 87.0 cm³/mol. The van der Waals surface area contributed by atoms with Crippen molar-refractivity contribution < 1.29 is 14.3 Å². The first-order valence-corrected chi connectivity index (χ1v) is 8.07. The molecule has 1 aliphatic heterocycles. The van der Waals surface area contributed by atoms with E-state index in [2.05, 4.69) is 25.1 Å². The Morgan fingerprint density at radius 3 is 2.19 bits per heavy atom. The first-order chi connectivity index (χ1) is 10.1. The molecule has 124 valence electrons. The van der Waals surface area contributed by atoms with Crippen molar-refractivity contribution in [3.05, 3.63) is 0 Å². The van der Waals surface area contributed by atoms with E-state index in [0.717, 1.165) is 39.1 Å². The Bertz CT molecular complexity index is 285. The Morgan fingerprint density at radius 1 is 1.14 bits per heavy atom. The van der Waals surface area contributed by atoms with Crippen LogP contribution in [0, 0.1) is 0 Å². The number of nitrogens with one attached hydrogen (secondary N) is 1. The first-order valence-electron chi connectivity index (χ1n) is 7.67. The second-order valence-corrected chi connectivity index (χ2v) is 5.52.